The van der Waals surface area contributed by atoms with Gasteiger partial charge in [0, 0.05) is 5.56 Å². The maximum absolute atomic E-state index is 13.0. The van der Waals surface area contributed by atoms with Crippen LogP contribution in [0, 0.1) is 5.82 Å². The predicted octanol–water partition coefficient (Wildman–Crippen LogP) is 2.33. The number of fused-ring (bicyclic) bond motifs is 1. The molecule has 2 amide bonds. The van der Waals surface area contributed by atoms with Crippen molar-refractivity contribution in [1.82, 2.24) is 10.9 Å². The fraction of sp³-hybridized carbons (Fsp3) is 0.125. The van der Waals surface area contributed by atoms with E-state index in [2.05, 4.69) is 10.9 Å². The van der Waals surface area contributed by atoms with Gasteiger partial charge in [-0.15, -0.1) is 0 Å². The lowest BCUT2D eigenvalue weighted by Crippen LogP contribution is -2.41. The van der Waals surface area contributed by atoms with Crippen LogP contribution in [0.3, 0.4) is 0 Å². The van der Waals surface area contributed by atoms with E-state index in [-0.39, 0.29) is 16.1 Å². The summed E-state index contributed by atoms with van der Waals surface area (Å²) in [6.45, 7) is 0.852. The molecule has 0 aliphatic carbocycles. The molecule has 3 rings (SSSR count). The SMILES string of the molecule is O=C(NNC(=O)c1ccc(F)cc1Cl)c1ccc2c(c1)OCCO2. The molecule has 0 radical (unpaired) electrons. The van der Waals surface area contributed by atoms with E-state index in [1.165, 1.54) is 12.1 Å². The number of halogens is 2. The van der Waals surface area contributed by atoms with Crippen LogP contribution in [0.1, 0.15) is 20.7 Å². The first-order valence-corrected chi connectivity index (χ1v) is 7.38. The lowest BCUT2D eigenvalue weighted by atomic mass is 10.2. The highest BCUT2D eigenvalue weighted by Gasteiger charge is 2.16. The van der Waals surface area contributed by atoms with Crippen LogP contribution >= 0.6 is 11.6 Å². The summed E-state index contributed by atoms with van der Waals surface area (Å²) in [5, 5.41) is -0.0546. The summed E-state index contributed by atoms with van der Waals surface area (Å²) >= 11 is 5.79. The second kappa shape index (κ2) is 6.76. The Labute approximate surface area is 141 Å². The lowest BCUT2D eigenvalue weighted by molar-refractivity contribution is 0.0846. The molecular weight excluding hydrogens is 339 g/mol. The average molecular weight is 351 g/mol. The molecule has 1 heterocycles. The van der Waals surface area contributed by atoms with Crippen molar-refractivity contribution in [2.75, 3.05) is 13.2 Å². The van der Waals surface area contributed by atoms with E-state index >= 15 is 0 Å². The number of ether oxygens (including phenoxy) is 2. The summed E-state index contributed by atoms with van der Waals surface area (Å²) in [6, 6.07) is 8.01. The zero-order chi connectivity index (χ0) is 17.1. The van der Waals surface area contributed by atoms with Crippen molar-refractivity contribution in [3.8, 4) is 11.5 Å². The van der Waals surface area contributed by atoms with Gasteiger partial charge in [-0.05, 0) is 36.4 Å². The van der Waals surface area contributed by atoms with Gasteiger partial charge in [-0.3, -0.25) is 20.4 Å². The summed E-state index contributed by atoms with van der Waals surface area (Å²) in [7, 11) is 0. The third kappa shape index (κ3) is 3.41. The van der Waals surface area contributed by atoms with Crippen molar-refractivity contribution in [2.24, 2.45) is 0 Å². The Kier molecular flexibility index (Phi) is 4.52. The second-order valence-electron chi connectivity index (χ2n) is 4.89. The van der Waals surface area contributed by atoms with Gasteiger partial charge in [-0.25, -0.2) is 4.39 Å². The fourth-order valence-corrected chi connectivity index (χ4v) is 2.36. The average Bonchev–Trinajstić information content (AvgIpc) is 2.59. The van der Waals surface area contributed by atoms with Gasteiger partial charge in [0.25, 0.3) is 11.8 Å². The third-order valence-corrected chi connectivity index (χ3v) is 3.58. The van der Waals surface area contributed by atoms with Gasteiger partial charge in [-0.2, -0.15) is 0 Å². The minimum Gasteiger partial charge on any atom is -0.486 e. The predicted molar refractivity (Wildman–Crippen MR) is 83.8 cm³/mol. The molecule has 124 valence electrons. The largest absolute Gasteiger partial charge is 0.486 e. The number of rotatable bonds is 2. The first-order valence-electron chi connectivity index (χ1n) is 7.00. The molecule has 0 aromatic heterocycles. The van der Waals surface area contributed by atoms with Crippen molar-refractivity contribution < 1.29 is 23.5 Å². The maximum Gasteiger partial charge on any atom is 0.271 e. The molecule has 0 spiro atoms. The molecule has 0 bridgehead atoms. The number of benzene rings is 2. The first kappa shape index (κ1) is 16.1. The molecule has 6 nitrogen and oxygen atoms in total. The molecule has 2 aromatic rings. The number of carbonyl (C=O) groups excluding carboxylic acids is 2. The van der Waals surface area contributed by atoms with Crippen LogP contribution in [-0.4, -0.2) is 25.0 Å². The topological polar surface area (TPSA) is 76.7 Å². The standard InChI is InChI=1S/C16H12ClFN2O4/c17-12-8-10(18)2-3-11(12)16(22)20-19-15(21)9-1-4-13-14(7-9)24-6-5-23-13/h1-4,7-8H,5-6H2,(H,19,21)(H,20,22). The molecule has 0 fully saturated rings. The van der Waals surface area contributed by atoms with Crippen LogP contribution in [0.15, 0.2) is 36.4 Å². The van der Waals surface area contributed by atoms with Crippen molar-refractivity contribution in [3.05, 3.63) is 58.4 Å². The molecule has 0 saturated carbocycles. The minimum absolute atomic E-state index is 0.0422. The van der Waals surface area contributed by atoms with E-state index < -0.39 is 17.6 Å². The summed E-state index contributed by atoms with van der Waals surface area (Å²) < 4.78 is 23.7. The number of amides is 2. The Balaban J connectivity index is 1.66. The zero-order valence-electron chi connectivity index (χ0n) is 12.3. The summed E-state index contributed by atoms with van der Waals surface area (Å²) in [4.78, 5) is 24.1. The van der Waals surface area contributed by atoms with E-state index in [0.717, 1.165) is 12.1 Å². The van der Waals surface area contributed by atoms with Gasteiger partial charge in [0.2, 0.25) is 0 Å². The Hall–Kier alpha value is -2.80. The number of hydrogen-bond acceptors (Lipinski definition) is 4. The summed E-state index contributed by atoms with van der Waals surface area (Å²) in [5.41, 5.74) is 4.80. The van der Waals surface area contributed by atoms with E-state index in [9.17, 15) is 14.0 Å². The van der Waals surface area contributed by atoms with Gasteiger partial charge < -0.3 is 9.47 Å². The number of hydrogen-bond donors (Lipinski definition) is 2. The summed E-state index contributed by atoms with van der Waals surface area (Å²) in [5.74, 6) is -0.747. The van der Waals surface area contributed by atoms with Crippen molar-refractivity contribution in [3.63, 3.8) is 0 Å². The van der Waals surface area contributed by atoms with Crippen molar-refractivity contribution in [1.29, 1.82) is 0 Å². The van der Waals surface area contributed by atoms with Gasteiger partial charge in [-0.1, -0.05) is 11.6 Å². The van der Waals surface area contributed by atoms with Crippen LogP contribution in [-0.2, 0) is 0 Å². The van der Waals surface area contributed by atoms with E-state index in [1.807, 2.05) is 0 Å². The minimum atomic E-state index is -0.661. The maximum atomic E-state index is 13.0. The molecule has 1 aliphatic rings. The Morgan fingerprint density at radius 1 is 0.958 bits per heavy atom. The lowest BCUT2D eigenvalue weighted by Gasteiger charge is -2.18. The van der Waals surface area contributed by atoms with Gasteiger partial charge in [0.1, 0.15) is 19.0 Å². The van der Waals surface area contributed by atoms with Crippen molar-refractivity contribution >= 4 is 23.4 Å². The molecule has 1 aliphatic heterocycles. The van der Waals surface area contributed by atoms with Crippen molar-refractivity contribution in [2.45, 2.75) is 0 Å². The normalized spacial score (nSPS) is 12.4. The molecule has 2 N–H and O–H groups in total. The van der Waals surface area contributed by atoms with Gasteiger partial charge in [0.05, 0.1) is 10.6 Å². The zero-order valence-corrected chi connectivity index (χ0v) is 13.0. The Morgan fingerprint density at radius 3 is 2.42 bits per heavy atom. The molecule has 24 heavy (non-hydrogen) atoms. The molecular formula is C16H12ClFN2O4. The van der Waals surface area contributed by atoms with E-state index in [4.69, 9.17) is 21.1 Å². The highest BCUT2D eigenvalue weighted by Crippen LogP contribution is 2.30. The third-order valence-electron chi connectivity index (χ3n) is 3.27. The second-order valence-corrected chi connectivity index (χ2v) is 5.30. The number of hydrazine groups is 1. The van der Waals surface area contributed by atoms with Crippen LogP contribution in [0.2, 0.25) is 5.02 Å². The molecule has 0 atom stereocenters. The number of nitrogens with one attached hydrogen (secondary N) is 2. The smallest absolute Gasteiger partial charge is 0.271 e. The quantitative estimate of drug-likeness (QED) is 0.815. The monoisotopic (exact) mass is 350 g/mol. The molecule has 2 aromatic carbocycles. The van der Waals surface area contributed by atoms with Crippen LogP contribution < -0.4 is 20.3 Å². The summed E-state index contributed by atoms with van der Waals surface area (Å²) in [6.07, 6.45) is 0. The number of carbonyl (C=O) groups is 2. The Morgan fingerprint density at radius 2 is 1.67 bits per heavy atom. The highest BCUT2D eigenvalue weighted by atomic mass is 35.5. The van der Waals surface area contributed by atoms with Crippen LogP contribution in [0.25, 0.3) is 0 Å². The molecule has 0 saturated heterocycles. The molecule has 8 heteroatoms. The fourth-order valence-electron chi connectivity index (χ4n) is 2.11. The Bertz CT molecular complexity index is 813. The molecule has 0 unspecified atom stereocenters. The van der Waals surface area contributed by atoms with Gasteiger partial charge >= 0.3 is 0 Å². The van der Waals surface area contributed by atoms with Gasteiger partial charge in [0.15, 0.2) is 11.5 Å². The van der Waals surface area contributed by atoms with E-state index in [0.29, 0.717) is 24.7 Å². The first-order chi connectivity index (χ1) is 11.5. The van der Waals surface area contributed by atoms with Crippen LogP contribution in [0.5, 0.6) is 11.5 Å². The van der Waals surface area contributed by atoms with E-state index in [1.54, 1.807) is 12.1 Å². The van der Waals surface area contributed by atoms with Crippen LogP contribution in [0.4, 0.5) is 4.39 Å². The highest BCUT2D eigenvalue weighted by molar-refractivity contribution is 6.33.